The first-order valence-corrected chi connectivity index (χ1v) is 14.0. The van der Waals surface area contributed by atoms with E-state index in [-0.39, 0.29) is 35.9 Å². The SMILES string of the molecule is COc1nc(N2C[C@H]3CSC(NC(=O)c4ccccc4)=NC3(c3cc(OCC(C)C)ccc3F)C2)nc(C)c1F. The van der Waals surface area contributed by atoms with Gasteiger partial charge in [-0.1, -0.05) is 43.8 Å². The molecule has 2 atom stereocenters. The van der Waals surface area contributed by atoms with Gasteiger partial charge in [0.05, 0.1) is 26.0 Å². The second-order valence-corrected chi connectivity index (χ2v) is 11.3. The van der Waals surface area contributed by atoms with E-state index in [9.17, 15) is 9.18 Å². The summed E-state index contributed by atoms with van der Waals surface area (Å²) < 4.78 is 41.2. The summed E-state index contributed by atoms with van der Waals surface area (Å²) in [7, 11) is 1.35. The fourth-order valence-electron chi connectivity index (χ4n) is 4.94. The quantitative estimate of drug-likeness (QED) is 0.431. The number of carbonyl (C=O) groups excluding carboxylic acids is 1. The molecule has 3 heterocycles. The third-order valence-electron chi connectivity index (χ3n) is 6.97. The zero-order valence-electron chi connectivity index (χ0n) is 22.8. The van der Waals surface area contributed by atoms with Gasteiger partial charge in [0, 0.05) is 29.3 Å². The van der Waals surface area contributed by atoms with E-state index in [0.717, 1.165) is 0 Å². The molecule has 1 fully saturated rings. The van der Waals surface area contributed by atoms with Crippen LogP contribution in [-0.4, -0.2) is 53.6 Å². The minimum Gasteiger partial charge on any atom is -0.493 e. The van der Waals surface area contributed by atoms with Gasteiger partial charge in [-0.2, -0.15) is 9.37 Å². The highest BCUT2D eigenvalue weighted by molar-refractivity contribution is 8.13. The standard InChI is InChI=1S/C29H31F2N5O3S/c1-17(2)14-39-21-10-11-23(30)22(12-21)29-16-36(27-32-18(3)24(31)26(34-27)38-4)13-20(29)15-40-28(35-29)33-25(37)19-8-6-5-7-9-19/h5-12,17,20H,13-16H2,1-4H3,(H,33,35,37)/t20-,29?/m0/s1. The van der Waals surface area contributed by atoms with Crippen molar-refractivity contribution < 1.29 is 23.0 Å². The number of hydrogen-bond donors (Lipinski definition) is 1. The number of aryl methyl sites for hydroxylation is 1. The van der Waals surface area contributed by atoms with Crippen molar-refractivity contribution in [2.24, 2.45) is 16.8 Å². The number of halogens is 2. The molecule has 2 aliphatic heterocycles. The Balaban J connectivity index is 1.56. The summed E-state index contributed by atoms with van der Waals surface area (Å²) in [5, 5.41) is 3.30. The lowest BCUT2D eigenvalue weighted by molar-refractivity contribution is 0.0977. The van der Waals surface area contributed by atoms with E-state index in [1.807, 2.05) is 24.8 Å². The second kappa shape index (κ2) is 11.4. The fourth-order valence-corrected chi connectivity index (χ4v) is 6.07. The summed E-state index contributed by atoms with van der Waals surface area (Å²) >= 11 is 1.40. The Labute approximate surface area is 236 Å². The predicted molar refractivity (Wildman–Crippen MR) is 151 cm³/mol. The molecule has 1 unspecified atom stereocenters. The number of benzene rings is 2. The Hall–Kier alpha value is -3.73. The molecule has 210 valence electrons. The third-order valence-corrected chi connectivity index (χ3v) is 8.00. The number of methoxy groups -OCH3 is 1. The molecule has 11 heteroatoms. The van der Waals surface area contributed by atoms with E-state index in [2.05, 4.69) is 15.3 Å². The maximum Gasteiger partial charge on any atom is 0.257 e. The van der Waals surface area contributed by atoms with E-state index in [4.69, 9.17) is 14.5 Å². The van der Waals surface area contributed by atoms with E-state index < -0.39 is 17.2 Å². The largest absolute Gasteiger partial charge is 0.493 e. The first-order valence-electron chi connectivity index (χ1n) is 13.0. The minimum absolute atomic E-state index is 0.148. The van der Waals surface area contributed by atoms with Crippen LogP contribution in [0.4, 0.5) is 14.7 Å². The molecule has 1 aromatic heterocycles. The molecule has 0 spiro atoms. The Morgan fingerprint density at radius 2 is 1.98 bits per heavy atom. The minimum atomic E-state index is -1.08. The van der Waals surface area contributed by atoms with Gasteiger partial charge in [0.1, 0.15) is 17.1 Å². The number of fused-ring (bicyclic) bond motifs is 1. The first kappa shape index (κ1) is 27.8. The summed E-state index contributed by atoms with van der Waals surface area (Å²) in [6.07, 6.45) is 0. The highest BCUT2D eigenvalue weighted by atomic mass is 32.2. The van der Waals surface area contributed by atoms with Crippen molar-refractivity contribution in [1.82, 2.24) is 15.3 Å². The van der Waals surface area contributed by atoms with Gasteiger partial charge < -0.3 is 19.7 Å². The number of nitrogens with zero attached hydrogens (tertiary/aromatic N) is 4. The van der Waals surface area contributed by atoms with E-state index in [1.54, 1.807) is 43.3 Å². The Morgan fingerprint density at radius 1 is 1.20 bits per heavy atom. The molecule has 1 N–H and O–H groups in total. The smallest absolute Gasteiger partial charge is 0.257 e. The summed E-state index contributed by atoms with van der Waals surface area (Å²) in [6.45, 7) is 6.76. The highest BCUT2D eigenvalue weighted by Crippen LogP contribution is 2.48. The number of amides is 1. The zero-order chi connectivity index (χ0) is 28.4. The molecular weight excluding hydrogens is 536 g/mol. The monoisotopic (exact) mass is 567 g/mol. The van der Waals surface area contributed by atoms with Crippen LogP contribution in [0.15, 0.2) is 53.5 Å². The molecule has 0 radical (unpaired) electrons. The van der Waals surface area contributed by atoms with Crippen LogP contribution >= 0.6 is 11.8 Å². The van der Waals surface area contributed by atoms with Gasteiger partial charge in [0.2, 0.25) is 11.8 Å². The Bertz CT molecular complexity index is 1440. The van der Waals surface area contributed by atoms with Crippen molar-refractivity contribution in [3.8, 4) is 11.6 Å². The van der Waals surface area contributed by atoms with Gasteiger partial charge in [-0.05, 0) is 43.2 Å². The molecule has 0 bridgehead atoms. The van der Waals surface area contributed by atoms with E-state index in [0.29, 0.717) is 46.9 Å². The molecule has 0 saturated carbocycles. The van der Waals surface area contributed by atoms with Crippen molar-refractivity contribution >= 4 is 28.8 Å². The van der Waals surface area contributed by atoms with Gasteiger partial charge in [-0.3, -0.25) is 4.79 Å². The molecule has 5 rings (SSSR count). The number of thioether (sulfide) groups is 1. The van der Waals surface area contributed by atoms with Crippen LogP contribution in [0.25, 0.3) is 0 Å². The van der Waals surface area contributed by atoms with Gasteiger partial charge in [0.25, 0.3) is 11.8 Å². The van der Waals surface area contributed by atoms with Gasteiger partial charge >= 0.3 is 0 Å². The lowest BCUT2D eigenvalue weighted by Gasteiger charge is -2.35. The Kier molecular flexibility index (Phi) is 7.93. The van der Waals surface area contributed by atoms with E-state index in [1.165, 1.54) is 24.9 Å². The zero-order valence-corrected chi connectivity index (χ0v) is 23.6. The topological polar surface area (TPSA) is 88.9 Å². The summed E-state index contributed by atoms with van der Waals surface area (Å²) in [5.41, 5.74) is -0.0776. The van der Waals surface area contributed by atoms with Crippen LogP contribution in [0.5, 0.6) is 11.6 Å². The molecule has 0 aliphatic carbocycles. The van der Waals surface area contributed by atoms with Crippen molar-refractivity contribution in [3.05, 3.63) is 77.0 Å². The number of aromatic nitrogens is 2. The van der Waals surface area contributed by atoms with Gasteiger partial charge in [-0.25, -0.2) is 14.4 Å². The van der Waals surface area contributed by atoms with Crippen molar-refractivity contribution in [3.63, 3.8) is 0 Å². The Morgan fingerprint density at radius 3 is 2.70 bits per heavy atom. The lowest BCUT2D eigenvalue weighted by Crippen LogP contribution is -2.43. The van der Waals surface area contributed by atoms with Crippen LogP contribution in [0.3, 0.4) is 0 Å². The first-order chi connectivity index (χ1) is 19.2. The molecular formula is C29H31F2N5O3S. The molecule has 40 heavy (non-hydrogen) atoms. The molecule has 3 aromatic rings. The number of aliphatic imine (C=N–C) groups is 1. The molecule has 2 aliphatic rings. The van der Waals surface area contributed by atoms with Crippen LogP contribution in [0.2, 0.25) is 0 Å². The number of carbonyl (C=O) groups is 1. The third kappa shape index (κ3) is 5.47. The average Bonchev–Trinajstić information content (AvgIpc) is 3.34. The van der Waals surface area contributed by atoms with Crippen molar-refractivity contribution in [2.75, 3.05) is 37.5 Å². The van der Waals surface area contributed by atoms with Gasteiger partial charge in [0.15, 0.2) is 5.17 Å². The second-order valence-electron chi connectivity index (χ2n) is 10.3. The summed E-state index contributed by atoms with van der Waals surface area (Å²) in [6, 6.07) is 13.5. The summed E-state index contributed by atoms with van der Waals surface area (Å²) in [4.78, 5) is 28.5. The van der Waals surface area contributed by atoms with E-state index >= 15 is 4.39 Å². The van der Waals surface area contributed by atoms with Crippen LogP contribution in [-0.2, 0) is 5.54 Å². The maximum atomic E-state index is 15.7. The predicted octanol–water partition coefficient (Wildman–Crippen LogP) is 4.97. The number of nitrogens with one attached hydrogen (secondary N) is 1. The van der Waals surface area contributed by atoms with Gasteiger partial charge in [-0.15, -0.1) is 0 Å². The number of ether oxygens (including phenoxy) is 2. The number of anilines is 1. The average molecular weight is 568 g/mol. The van der Waals surface area contributed by atoms with Crippen molar-refractivity contribution in [1.29, 1.82) is 0 Å². The van der Waals surface area contributed by atoms with Crippen LogP contribution in [0.1, 0.15) is 35.5 Å². The highest BCUT2D eigenvalue weighted by Gasteiger charge is 2.52. The molecule has 2 aromatic carbocycles. The molecule has 1 amide bonds. The summed E-state index contributed by atoms with van der Waals surface area (Å²) in [5.74, 6) is -0.0212. The normalized spacial score (nSPS) is 20.2. The lowest BCUT2D eigenvalue weighted by atomic mass is 9.81. The maximum absolute atomic E-state index is 15.7. The number of rotatable bonds is 7. The number of amidine groups is 1. The molecule has 1 saturated heterocycles. The van der Waals surface area contributed by atoms with Crippen molar-refractivity contribution in [2.45, 2.75) is 26.3 Å². The van der Waals surface area contributed by atoms with Crippen LogP contribution in [0, 0.1) is 30.4 Å². The van der Waals surface area contributed by atoms with Crippen LogP contribution < -0.4 is 19.7 Å². The number of hydrogen-bond acceptors (Lipinski definition) is 8. The molecule has 8 nitrogen and oxygen atoms in total. The fraction of sp³-hybridized carbons (Fsp3) is 0.379.